The predicted molar refractivity (Wildman–Crippen MR) is 139 cm³/mol. The number of carbonyl (C=O) groups excluding carboxylic acids is 2. The minimum absolute atomic E-state index is 0.0213. The van der Waals surface area contributed by atoms with Crippen LogP contribution in [0.2, 0.25) is 0 Å². The molecule has 0 fully saturated rings. The van der Waals surface area contributed by atoms with Gasteiger partial charge in [-0.05, 0) is 82.1 Å². The fourth-order valence-corrected chi connectivity index (χ4v) is 3.87. The number of benzene rings is 2. The molecule has 186 valence electrons. The molecule has 0 saturated heterocycles. The molecule has 2 aromatic carbocycles. The summed E-state index contributed by atoms with van der Waals surface area (Å²) in [5.41, 5.74) is 4.61. The molecule has 0 aliphatic carbocycles. The SMILES string of the molecule is Cc1cc(-c2ncc(NC(=O)NC(C)C)cc2-c2ccc3c(cnn3C(=O)NC(C)C)c2)ccc1F. The lowest BCUT2D eigenvalue weighted by atomic mass is 9.97. The van der Waals surface area contributed by atoms with Crippen LogP contribution in [0.4, 0.5) is 19.7 Å². The first-order valence-electron chi connectivity index (χ1n) is 11.8. The van der Waals surface area contributed by atoms with Gasteiger partial charge in [-0.2, -0.15) is 9.78 Å². The first-order chi connectivity index (χ1) is 17.1. The molecule has 8 nitrogen and oxygen atoms in total. The molecule has 2 aromatic heterocycles. The molecule has 4 rings (SSSR count). The number of nitrogens with zero attached hydrogens (tertiary/aromatic N) is 3. The minimum Gasteiger partial charge on any atom is -0.336 e. The van der Waals surface area contributed by atoms with E-state index in [1.807, 2.05) is 52.0 Å². The van der Waals surface area contributed by atoms with Crippen LogP contribution in [0.1, 0.15) is 33.3 Å². The topological polar surface area (TPSA) is 101 Å². The summed E-state index contributed by atoms with van der Waals surface area (Å²) in [6.07, 6.45) is 3.20. The number of urea groups is 1. The van der Waals surface area contributed by atoms with E-state index in [4.69, 9.17) is 0 Å². The zero-order valence-electron chi connectivity index (χ0n) is 20.9. The molecular formula is C27H29FN6O2. The van der Waals surface area contributed by atoms with Crippen LogP contribution in [-0.4, -0.2) is 38.9 Å². The Morgan fingerprint density at radius 1 is 0.917 bits per heavy atom. The number of nitrogens with one attached hydrogen (secondary N) is 3. The number of rotatable bonds is 5. The van der Waals surface area contributed by atoms with Gasteiger partial charge in [0.15, 0.2) is 0 Å². The molecule has 2 heterocycles. The summed E-state index contributed by atoms with van der Waals surface area (Å²) in [6, 6.07) is 11.6. The van der Waals surface area contributed by atoms with Crippen molar-refractivity contribution in [1.82, 2.24) is 25.4 Å². The molecule has 0 unspecified atom stereocenters. The maximum Gasteiger partial charge on any atom is 0.342 e. The van der Waals surface area contributed by atoms with Crippen molar-refractivity contribution in [2.24, 2.45) is 0 Å². The van der Waals surface area contributed by atoms with Gasteiger partial charge < -0.3 is 16.0 Å². The van der Waals surface area contributed by atoms with Gasteiger partial charge in [0.2, 0.25) is 0 Å². The van der Waals surface area contributed by atoms with Crippen LogP contribution in [0.3, 0.4) is 0 Å². The largest absolute Gasteiger partial charge is 0.342 e. The molecular weight excluding hydrogens is 459 g/mol. The zero-order chi connectivity index (χ0) is 26.0. The van der Waals surface area contributed by atoms with Crippen molar-refractivity contribution in [2.75, 3.05) is 5.32 Å². The van der Waals surface area contributed by atoms with Crippen molar-refractivity contribution in [3.63, 3.8) is 0 Å². The lowest BCUT2D eigenvalue weighted by Gasteiger charge is -2.15. The van der Waals surface area contributed by atoms with E-state index in [9.17, 15) is 14.0 Å². The van der Waals surface area contributed by atoms with Crippen LogP contribution in [0.25, 0.3) is 33.3 Å². The van der Waals surface area contributed by atoms with Gasteiger partial charge in [-0.15, -0.1) is 0 Å². The molecule has 36 heavy (non-hydrogen) atoms. The van der Waals surface area contributed by atoms with Crippen LogP contribution in [0, 0.1) is 12.7 Å². The molecule has 0 bridgehead atoms. The van der Waals surface area contributed by atoms with E-state index < -0.39 is 0 Å². The number of aromatic nitrogens is 3. The Hall–Kier alpha value is -4.27. The van der Waals surface area contributed by atoms with Crippen molar-refractivity contribution in [2.45, 2.75) is 46.7 Å². The van der Waals surface area contributed by atoms with Gasteiger partial charge in [0.25, 0.3) is 0 Å². The highest BCUT2D eigenvalue weighted by atomic mass is 19.1. The molecule has 0 atom stereocenters. The second kappa shape index (κ2) is 10.2. The summed E-state index contributed by atoms with van der Waals surface area (Å²) in [4.78, 5) is 29.4. The van der Waals surface area contributed by atoms with Gasteiger partial charge in [-0.25, -0.2) is 14.0 Å². The van der Waals surface area contributed by atoms with Gasteiger partial charge in [0, 0.05) is 28.6 Å². The lowest BCUT2D eigenvalue weighted by Crippen LogP contribution is -2.34. The highest BCUT2D eigenvalue weighted by Crippen LogP contribution is 2.34. The highest BCUT2D eigenvalue weighted by Gasteiger charge is 2.16. The van der Waals surface area contributed by atoms with Crippen LogP contribution in [0.15, 0.2) is 54.9 Å². The number of halogens is 1. The summed E-state index contributed by atoms with van der Waals surface area (Å²) in [5, 5.41) is 13.5. The third-order valence-electron chi connectivity index (χ3n) is 5.48. The Labute approximate surface area is 208 Å². The maximum absolute atomic E-state index is 14.0. The first-order valence-corrected chi connectivity index (χ1v) is 11.8. The second-order valence-electron chi connectivity index (χ2n) is 9.27. The van der Waals surface area contributed by atoms with Crippen LogP contribution in [0.5, 0.6) is 0 Å². The Morgan fingerprint density at radius 3 is 2.33 bits per heavy atom. The Balaban J connectivity index is 1.80. The number of fused-ring (bicyclic) bond motifs is 1. The molecule has 9 heteroatoms. The van der Waals surface area contributed by atoms with Crippen LogP contribution in [-0.2, 0) is 0 Å². The molecule has 4 aromatic rings. The average Bonchev–Trinajstić information content (AvgIpc) is 3.23. The summed E-state index contributed by atoms with van der Waals surface area (Å²) in [7, 11) is 0. The number of carbonyl (C=O) groups is 2. The average molecular weight is 489 g/mol. The minimum atomic E-state index is -0.337. The van der Waals surface area contributed by atoms with E-state index in [0.29, 0.717) is 22.5 Å². The number of pyridine rings is 1. The molecule has 3 N–H and O–H groups in total. The quantitative estimate of drug-likeness (QED) is 0.335. The summed E-state index contributed by atoms with van der Waals surface area (Å²) in [6.45, 7) is 9.22. The molecule has 0 aliphatic rings. The number of amides is 3. The summed E-state index contributed by atoms with van der Waals surface area (Å²) >= 11 is 0. The Bertz CT molecular complexity index is 1440. The zero-order valence-corrected chi connectivity index (χ0v) is 20.9. The van der Waals surface area contributed by atoms with E-state index in [2.05, 4.69) is 26.0 Å². The van der Waals surface area contributed by atoms with Crippen molar-refractivity contribution in [3.8, 4) is 22.4 Å². The second-order valence-corrected chi connectivity index (χ2v) is 9.27. The van der Waals surface area contributed by atoms with E-state index in [1.54, 1.807) is 31.5 Å². The third kappa shape index (κ3) is 5.35. The Kier molecular flexibility index (Phi) is 7.00. The molecule has 0 radical (unpaired) electrons. The fraction of sp³-hybridized carbons (Fsp3) is 0.259. The smallest absolute Gasteiger partial charge is 0.336 e. The van der Waals surface area contributed by atoms with Crippen molar-refractivity contribution in [1.29, 1.82) is 0 Å². The lowest BCUT2D eigenvalue weighted by molar-refractivity contribution is 0.238. The van der Waals surface area contributed by atoms with Crippen molar-refractivity contribution < 1.29 is 14.0 Å². The van der Waals surface area contributed by atoms with Gasteiger partial charge in [-0.1, -0.05) is 6.07 Å². The van der Waals surface area contributed by atoms with E-state index in [-0.39, 0.29) is 30.0 Å². The monoisotopic (exact) mass is 488 g/mol. The molecule has 0 spiro atoms. The number of aryl methyl sites for hydroxylation is 1. The van der Waals surface area contributed by atoms with E-state index in [0.717, 1.165) is 22.1 Å². The molecule has 0 aliphatic heterocycles. The number of hydrogen-bond acceptors (Lipinski definition) is 4. The highest BCUT2D eigenvalue weighted by molar-refractivity contribution is 5.95. The van der Waals surface area contributed by atoms with Crippen molar-refractivity contribution >= 4 is 28.7 Å². The van der Waals surface area contributed by atoms with Gasteiger partial charge in [0.05, 0.1) is 29.3 Å². The van der Waals surface area contributed by atoms with Crippen molar-refractivity contribution in [3.05, 3.63) is 66.2 Å². The number of anilines is 1. The molecule has 0 saturated carbocycles. The van der Waals surface area contributed by atoms with Crippen LogP contribution < -0.4 is 16.0 Å². The fourth-order valence-electron chi connectivity index (χ4n) is 3.87. The van der Waals surface area contributed by atoms with Crippen LogP contribution >= 0.6 is 0 Å². The maximum atomic E-state index is 14.0. The predicted octanol–water partition coefficient (Wildman–Crippen LogP) is 5.71. The third-order valence-corrected chi connectivity index (χ3v) is 5.48. The summed E-state index contributed by atoms with van der Waals surface area (Å²) in [5.74, 6) is -0.294. The van der Waals surface area contributed by atoms with E-state index in [1.165, 1.54) is 10.7 Å². The first kappa shape index (κ1) is 24.8. The number of hydrogen-bond donors (Lipinski definition) is 3. The van der Waals surface area contributed by atoms with E-state index >= 15 is 0 Å². The standard InChI is InChI=1S/C27H29FN6O2/c1-15(2)31-26(35)33-21-12-22(25(29-14-21)19-6-8-23(28)17(5)10-19)18-7-9-24-20(11-18)13-30-34(24)27(36)32-16(3)4/h6-16H,1-5H3,(H,32,36)(H2,31,33,35). The van der Waals surface area contributed by atoms with Gasteiger partial charge >= 0.3 is 12.1 Å². The Morgan fingerprint density at radius 2 is 1.64 bits per heavy atom. The van der Waals surface area contributed by atoms with Gasteiger partial charge in [-0.3, -0.25) is 4.98 Å². The van der Waals surface area contributed by atoms with Gasteiger partial charge in [0.1, 0.15) is 5.82 Å². The normalized spacial score (nSPS) is 11.2. The summed E-state index contributed by atoms with van der Waals surface area (Å²) < 4.78 is 15.3. The molecule has 3 amide bonds.